The minimum Gasteiger partial charge on any atom is -0.392 e. The first-order valence-corrected chi connectivity index (χ1v) is 12.2. The Labute approximate surface area is 199 Å². The second kappa shape index (κ2) is 11.2. The van der Waals surface area contributed by atoms with E-state index in [0.717, 1.165) is 50.5 Å². The van der Waals surface area contributed by atoms with Gasteiger partial charge in [-0.25, -0.2) is 4.98 Å². The Hall–Kier alpha value is -3.09. The van der Waals surface area contributed by atoms with Crippen molar-refractivity contribution >= 4 is 34.4 Å². The van der Waals surface area contributed by atoms with E-state index in [9.17, 15) is 5.11 Å². The molecule has 4 rings (SSSR count). The van der Waals surface area contributed by atoms with Crippen molar-refractivity contribution in [2.75, 3.05) is 10.6 Å². The molecule has 1 heterocycles. The lowest BCUT2D eigenvalue weighted by Gasteiger charge is -2.17. The number of para-hydroxylation sites is 1. The minimum absolute atomic E-state index is 0.0285. The van der Waals surface area contributed by atoms with Crippen LogP contribution in [0.1, 0.15) is 37.8 Å². The number of hydrogen-bond acceptors (Lipinski definition) is 6. The molecule has 0 aliphatic carbocycles. The zero-order chi connectivity index (χ0) is 23.0. The molecule has 0 spiro atoms. The summed E-state index contributed by atoms with van der Waals surface area (Å²) in [6.45, 7) is 5.01. The third-order valence-electron chi connectivity index (χ3n) is 5.48. The number of hydrogen-bond donors (Lipinski definition) is 3. The van der Waals surface area contributed by atoms with Crippen molar-refractivity contribution in [3.05, 3.63) is 83.9 Å². The second-order valence-electron chi connectivity index (χ2n) is 8.08. The molecule has 33 heavy (non-hydrogen) atoms. The van der Waals surface area contributed by atoms with Gasteiger partial charge in [-0.1, -0.05) is 73.6 Å². The fraction of sp³-hybridized carbons (Fsp3) is 0.259. The molecule has 0 radical (unpaired) electrons. The number of nitrogens with zero attached hydrogens (tertiary/aromatic N) is 2. The van der Waals surface area contributed by atoms with Gasteiger partial charge in [-0.05, 0) is 48.7 Å². The van der Waals surface area contributed by atoms with Crippen LogP contribution in [0.25, 0.3) is 10.9 Å². The fourth-order valence-corrected chi connectivity index (χ4v) is 4.85. The van der Waals surface area contributed by atoms with Crippen molar-refractivity contribution in [2.24, 2.45) is 0 Å². The average molecular weight is 459 g/mol. The molecule has 3 N–H and O–H groups in total. The first-order valence-electron chi connectivity index (χ1n) is 11.4. The zero-order valence-corrected chi connectivity index (χ0v) is 19.9. The quantitative estimate of drug-likeness (QED) is 0.252. The molecule has 1 atom stereocenters. The average Bonchev–Trinajstić information content (AvgIpc) is 2.84. The number of aliphatic hydroxyl groups excluding tert-OH is 1. The standard InChI is InChI=1S/C27H30N4OS/c1-3-10-19(2)29-26-22-13-6-7-14-23(22)30-27(31-26)28-17-20-11-4-8-15-24(20)33-25-16-9-5-12-21(25)18-32/h4-9,11-16,19,32H,3,10,17-18H2,1-2H3,(H2,28,29,30,31). The number of nitrogens with one attached hydrogen (secondary N) is 2. The molecular formula is C27H30N4OS. The zero-order valence-electron chi connectivity index (χ0n) is 19.1. The Bertz CT molecular complexity index is 1210. The Morgan fingerprint density at radius 1 is 0.879 bits per heavy atom. The van der Waals surface area contributed by atoms with Crippen LogP contribution in [0.3, 0.4) is 0 Å². The van der Waals surface area contributed by atoms with E-state index in [1.807, 2.05) is 54.6 Å². The van der Waals surface area contributed by atoms with E-state index in [0.29, 0.717) is 18.5 Å². The summed E-state index contributed by atoms with van der Waals surface area (Å²) in [5.74, 6) is 1.47. The van der Waals surface area contributed by atoms with E-state index >= 15 is 0 Å². The van der Waals surface area contributed by atoms with Gasteiger partial charge in [-0.2, -0.15) is 4.98 Å². The van der Waals surface area contributed by atoms with Crippen LogP contribution in [-0.4, -0.2) is 21.1 Å². The predicted molar refractivity (Wildman–Crippen MR) is 138 cm³/mol. The molecule has 0 amide bonds. The molecule has 4 aromatic rings. The maximum absolute atomic E-state index is 9.68. The SMILES string of the molecule is CCCC(C)Nc1nc(NCc2ccccc2Sc2ccccc2CO)nc2ccccc12. The minimum atomic E-state index is 0.0285. The van der Waals surface area contributed by atoms with Crippen molar-refractivity contribution in [2.45, 2.75) is 55.7 Å². The summed E-state index contributed by atoms with van der Waals surface area (Å²) < 4.78 is 0. The van der Waals surface area contributed by atoms with Crippen molar-refractivity contribution < 1.29 is 5.11 Å². The third-order valence-corrected chi connectivity index (χ3v) is 6.72. The molecule has 0 aliphatic rings. The molecule has 1 aromatic heterocycles. The molecule has 0 bridgehead atoms. The van der Waals surface area contributed by atoms with E-state index in [2.05, 4.69) is 42.7 Å². The van der Waals surface area contributed by atoms with Gasteiger partial charge in [0.05, 0.1) is 12.1 Å². The van der Waals surface area contributed by atoms with Crippen molar-refractivity contribution in [1.82, 2.24) is 9.97 Å². The van der Waals surface area contributed by atoms with E-state index in [-0.39, 0.29) is 6.61 Å². The van der Waals surface area contributed by atoms with E-state index in [1.54, 1.807) is 11.8 Å². The summed E-state index contributed by atoms with van der Waals surface area (Å²) in [6, 6.07) is 24.7. The highest BCUT2D eigenvalue weighted by Gasteiger charge is 2.12. The number of aromatic nitrogens is 2. The van der Waals surface area contributed by atoms with Crippen molar-refractivity contribution in [1.29, 1.82) is 0 Å². The van der Waals surface area contributed by atoms with Crippen LogP contribution in [0.15, 0.2) is 82.6 Å². The maximum Gasteiger partial charge on any atom is 0.225 e. The molecule has 0 aliphatic heterocycles. The molecule has 3 aromatic carbocycles. The number of anilines is 2. The van der Waals surface area contributed by atoms with Gasteiger partial charge in [0, 0.05) is 27.8 Å². The first-order chi connectivity index (χ1) is 16.2. The molecule has 6 heteroatoms. The van der Waals surface area contributed by atoms with E-state index in [1.165, 1.54) is 0 Å². The lowest BCUT2D eigenvalue weighted by atomic mass is 10.2. The lowest BCUT2D eigenvalue weighted by Crippen LogP contribution is -2.17. The molecule has 0 fully saturated rings. The largest absolute Gasteiger partial charge is 0.392 e. The van der Waals surface area contributed by atoms with Gasteiger partial charge < -0.3 is 15.7 Å². The molecule has 0 saturated carbocycles. The van der Waals surface area contributed by atoms with Gasteiger partial charge in [0.25, 0.3) is 0 Å². The molecule has 170 valence electrons. The summed E-state index contributed by atoms with van der Waals surface area (Å²) in [5, 5.41) is 17.7. The third kappa shape index (κ3) is 5.83. The van der Waals surface area contributed by atoms with Crippen LogP contribution >= 0.6 is 11.8 Å². The van der Waals surface area contributed by atoms with Gasteiger partial charge in [-0.3, -0.25) is 0 Å². The normalized spacial score (nSPS) is 12.0. The molecule has 5 nitrogen and oxygen atoms in total. The second-order valence-corrected chi connectivity index (χ2v) is 9.16. The smallest absolute Gasteiger partial charge is 0.225 e. The number of rotatable bonds is 10. The van der Waals surface area contributed by atoms with Crippen LogP contribution in [0, 0.1) is 0 Å². The Balaban J connectivity index is 1.57. The predicted octanol–water partition coefficient (Wildman–Crippen LogP) is 6.49. The van der Waals surface area contributed by atoms with Gasteiger partial charge in [0.1, 0.15) is 5.82 Å². The monoisotopic (exact) mass is 458 g/mol. The maximum atomic E-state index is 9.68. The Morgan fingerprint density at radius 2 is 1.55 bits per heavy atom. The van der Waals surface area contributed by atoms with Crippen molar-refractivity contribution in [3.8, 4) is 0 Å². The summed E-state index contributed by atoms with van der Waals surface area (Å²) in [7, 11) is 0. The van der Waals surface area contributed by atoms with Crippen molar-refractivity contribution in [3.63, 3.8) is 0 Å². The van der Waals surface area contributed by atoms with Gasteiger partial charge in [-0.15, -0.1) is 0 Å². The summed E-state index contributed by atoms with van der Waals surface area (Å²) in [6.07, 6.45) is 2.21. The lowest BCUT2D eigenvalue weighted by molar-refractivity contribution is 0.279. The summed E-state index contributed by atoms with van der Waals surface area (Å²) in [4.78, 5) is 11.8. The van der Waals surface area contributed by atoms with E-state index in [4.69, 9.17) is 9.97 Å². The van der Waals surface area contributed by atoms with Crippen LogP contribution in [-0.2, 0) is 13.2 Å². The molecule has 0 saturated heterocycles. The number of benzene rings is 3. The molecular weight excluding hydrogens is 428 g/mol. The Morgan fingerprint density at radius 3 is 2.30 bits per heavy atom. The first kappa shape index (κ1) is 23.1. The Kier molecular flexibility index (Phi) is 7.81. The summed E-state index contributed by atoms with van der Waals surface area (Å²) >= 11 is 1.67. The van der Waals surface area contributed by atoms with Crippen LogP contribution in [0.5, 0.6) is 0 Å². The highest BCUT2D eigenvalue weighted by atomic mass is 32.2. The number of fused-ring (bicyclic) bond motifs is 1. The van der Waals surface area contributed by atoms with E-state index < -0.39 is 0 Å². The van der Waals surface area contributed by atoms with Gasteiger partial charge in [0.15, 0.2) is 0 Å². The van der Waals surface area contributed by atoms with Gasteiger partial charge >= 0.3 is 0 Å². The number of aliphatic hydroxyl groups is 1. The van der Waals surface area contributed by atoms with Gasteiger partial charge in [0.2, 0.25) is 5.95 Å². The topological polar surface area (TPSA) is 70.1 Å². The van der Waals surface area contributed by atoms with Crippen LogP contribution in [0.2, 0.25) is 0 Å². The van der Waals surface area contributed by atoms with Crippen LogP contribution in [0.4, 0.5) is 11.8 Å². The highest BCUT2D eigenvalue weighted by Crippen LogP contribution is 2.33. The highest BCUT2D eigenvalue weighted by molar-refractivity contribution is 7.99. The fourth-order valence-electron chi connectivity index (χ4n) is 3.78. The summed E-state index contributed by atoms with van der Waals surface area (Å²) in [5.41, 5.74) is 3.00. The molecule has 1 unspecified atom stereocenters. The van der Waals surface area contributed by atoms with Crippen LogP contribution < -0.4 is 10.6 Å².